The van der Waals surface area contributed by atoms with Gasteiger partial charge in [0.1, 0.15) is 23.7 Å². The standard InChI is InChI=1S/C24H21ClN2O7/c1-14-10-22(28)33-21-13-16(2-3-17(14)21)32-7-4-20-23(26-5-8-31-9-6-26)18-11-15(25)12-19(27(29)30)24(18)34-20/h2-4,10-13,23H,5-9H2,1H3. The zero-order chi connectivity index (χ0) is 23.8. The van der Waals surface area contributed by atoms with Crippen LogP contribution in [0.5, 0.6) is 11.5 Å². The number of ether oxygens (including phenoxy) is 3. The maximum atomic E-state index is 11.7. The molecule has 2 aromatic carbocycles. The van der Waals surface area contributed by atoms with Gasteiger partial charge in [-0.2, -0.15) is 0 Å². The Morgan fingerprint density at radius 2 is 2.03 bits per heavy atom. The molecule has 1 fully saturated rings. The van der Waals surface area contributed by atoms with Crippen LogP contribution in [0, 0.1) is 17.0 Å². The highest BCUT2D eigenvalue weighted by Crippen LogP contribution is 2.49. The molecule has 0 bridgehead atoms. The van der Waals surface area contributed by atoms with E-state index < -0.39 is 10.5 Å². The fourth-order valence-corrected chi connectivity index (χ4v) is 4.58. The first-order chi connectivity index (χ1) is 16.4. The molecule has 1 saturated heterocycles. The number of aryl methyl sites for hydroxylation is 1. The van der Waals surface area contributed by atoms with Gasteiger partial charge in [0.2, 0.25) is 5.75 Å². The summed E-state index contributed by atoms with van der Waals surface area (Å²) < 4.78 is 22.6. The van der Waals surface area contributed by atoms with Crippen molar-refractivity contribution in [2.45, 2.75) is 13.0 Å². The van der Waals surface area contributed by atoms with Crippen LogP contribution >= 0.6 is 11.6 Å². The lowest BCUT2D eigenvalue weighted by molar-refractivity contribution is -0.385. The predicted molar refractivity (Wildman–Crippen MR) is 125 cm³/mol. The van der Waals surface area contributed by atoms with Crippen molar-refractivity contribution in [3.05, 3.63) is 84.9 Å². The Labute approximate surface area is 199 Å². The second-order valence-corrected chi connectivity index (χ2v) is 8.51. The highest BCUT2D eigenvalue weighted by molar-refractivity contribution is 6.31. The molecule has 10 heteroatoms. The number of nitro groups is 1. The Kier molecular flexibility index (Phi) is 5.99. The van der Waals surface area contributed by atoms with Gasteiger partial charge in [-0.3, -0.25) is 15.0 Å². The monoisotopic (exact) mass is 484 g/mol. The largest absolute Gasteiger partial charge is 0.489 e. The molecule has 2 aliphatic rings. The third-order valence-electron chi connectivity index (χ3n) is 5.91. The number of nitro benzene ring substituents is 1. The van der Waals surface area contributed by atoms with Crippen LogP contribution in [0.25, 0.3) is 11.0 Å². The molecule has 0 amide bonds. The molecule has 0 aliphatic carbocycles. The van der Waals surface area contributed by atoms with Crippen molar-refractivity contribution in [1.82, 2.24) is 4.90 Å². The van der Waals surface area contributed by atoms with E-state index in [-0.39, 0.29) is 29.1 Å². The minimum absolute atomic E-state index is 0.146. The SMILES string of the molecule is Cc1cc(=O)oc2cc(OCC=C3Oc4c(cc(Cl)cc4[N+](=O)[O-])C3N3CCOCC3)ccc12. The summed E-state index contributed by atoms with van der Waals surface area (Å²) in [6, 6.07) is 9.40. The smallest absolute Gasteiger partial charge is 0.336 e. The van der Waals surface area contributed by atoms with Gasteiger partial charge >= 0.3 is 11.3 Å². The molecule has 0 N–H and O–H groups in total. The number of rotatable bonds is 5. The summed E-state index contributed by atoms with van der Waals surface area (Å²) in [7, 11) is 0. The molecule has 3 aromatic rings. The first-order valence-corrected chi connectivity index (χ1v) is 11.1. The van der Waals surface area contributed by atoms with Crippen LogP contribution in [0.4, 0.5) is 5.69 Å². The minimum atomic E-state index is -0.495. The number of halogens is 1. The minimum Gasteiger partial charge on any atom is -0.489 e. The summed E-state index contributed by atoms with van der Waals surface area (Å²) >= 11 is 6.20. The Balaban J connectivity index is 1.44. The van der Waals surface area contributed by atoms with Crippen LogP contribution in [0.15, 0.2) is 57.4 Å². The number of hydrogen-bond donors (Lipinski definition) is 0. The van der Waals surface area contributed by atoms with Crippen LogP contribution < -0.4 is 15.1 Å². The average Bonchev–Trinajstić information content (AvgIpc) is 3.16. The van der Waals surface area contributed by atoms with Gasteiger partial charge in [-0.05, 0) is 36.8 Å². The number of fused-ring (bicyclic) bond motifs is 2. The maximum absolute atomic E-state index is 11.7. The molecule has 0 saturated carbocycles. The van der Waals surface area contributed by atoms with Gasteiger partial charge in [-0.15, -0.1) is 0 Å². The number of benzene rings is 2. The van der Waals surface area contributed by atoms with E-state index in [2.05, 4.69) is 4.90 Å². The third kappa shape index (κ3) is 4.25. The van der Waals surface area contributed by atoms with Gasteiger partial charge in [0, 0.05) is 47.3 Å². The van der Waals surface area contributed by atoms with E-state index in [1.807, 2.05) is 13.0 Å². The predicted octanol–water partition coefficient (Wildman–Crippen LogP) is 4.39. The quantitative estimate of drug-likeness (QED) is 0.298. The van der Waals surface area contributed by atoms with Crippen LogP contribution in [0.3, 0.4) is 0 Å². The highest BCUT2D eigenvalue weighted by Gasteiger charge is 2.39. The Morgan fingerprint density at radius 1 is 1.24 bits per heavy atom. The summed E-state index contributed by atoms with van der Waals surface area (Å²) in [6.07, 6.45) is 1.76. The third-order valence-corrected chi connectivity index (χ3v) is 6.13. The van der Waals surface area contributed by atoms with E-state index in [0.29, 0.717) is 49.0 Å². The summed E-state index contributed by atoms with van der Waals surface area (Å²) in [5, 5.41) is 12.7. The summed E-state index contributed by atoms with van der Waals surface area (Å²) in [5.74, 6) is 1.25. The van der Waals surface area contributed by atoms with E-state index >= 15 is 0 Å². The molecule has 0 radical (unpaired) electrons. The molecule has 3 heterocycles. The fraction of sp³-hybridized carbons (Fsp3) is 0.292. The van der Waals surface area contributed by atoms with Gasteiger partial charge in [-0.25, -0.2) is 4.79 Å². The Morgan fingerprint density at radius 3 is 2.79 bits per heavy atom. The van der Waals surface area contributed by atoms with Crippen molar-refractivity contribution in [3.63, 3.8) is 0 Å². The number of morpholine rings is 1. The highest BCUT2D eigenvalue weighted by atomic mass is 35.5. The van der Waals surface area contributed by atoms with Crippen LogP contribution in [0.2, 0.25) is 5.02 Å². The van der Waals surface area contributed by atoms with Gasteiger partial charge in [0.25, 0.3) is 0 Å². The molecule has 34 heavy (non-hydrogen) atoms. The van der Waals surface area contributed by atoms with E-state index in [9.17, 15) is 14.9 Å². The molecule has 2 aliphatic heterocycles. The molecule has 5 rings (SSSR count). The van der Waals surface area contributed by atoms with E-state index in [1.54, 1.807) is 24.3 Å². The lowest BCUT2D eigenvalue weighted by atomic mass is 10.0. The molecule has 1 unspecified atom stereocenters. The summed E-state index contributed by atoms with van der Waals surface area (Å²) in [5.41, 5.74) is 1.32. The van der Waals surface area contributed by atoms with Crippen LogP contribution in [-0.4, -0.2) is 42.7 Å². The Bertz CT molecular complexity index is 1360. The van der Waals surface area contributed by atoms with Gasteiger partial charge in [0.15, 0.2) is 0 Å². The van der Waals surface area contributed by atoms with Crippen LogP contribution in [0.1, 0.15) is 17.2 Å². The van der Waals surface area contributed by atoms with Crippen molar-refractivity contribution in [3.8, 4) is 11.5 Å². The molecule has 9 nitrogen and oxygen atoms in total. The molecule has 176 valence electrons. The van der Waals surface area contributed by atoms with E-state index in [4.69, 9.17) is 30.2 Å². The number of hydrogen-bond acceptors (Lipinski definition) is 8. The molecule has 1 aromatic heterocycles. The van der Waals surface area contributed by atoms with Crippen molar-refractivity contribution in [2.24, 2.45) is 0 Å². The average molecular weight is 485 g/mol. The lowest BCUT2D eigenvalue weighted by Crippen LogP contribution is -2.39. The molecular formula is C24H21ClN2O7. The van der Waals surface area contributed by atoms with Crippen molar-refractivity contribution in [2.75, 3.05) is 32.9 Å². The lowest BCUT2D eigenvalue weighted by Gasteiger charge is -2.32. The van der Waals surface area contributed by atoms with Crippen molar-refractivity contribution >= 4 is 28.3 Å². The maximum Gasteiger partial charge on any atom is 0.336 e. The van der Waals surface area contributed by atoms with Gasteiger partial charge < -0.3 is 18.6 Å². The second-order valence-electron chi connectivity index (χ2n) is 8.08. The van der Waals surface area contributed by atoms with Gasteiger partial charge in [0.05, 0.1) is 24.2 Å². The molecular weight excluding hydrogens is 464 g/mol. The zero-order valence-corrected chi connectivity index (χ0v) is 19.0. The van der Waals surface area contributed by atoms with Gasteiger partial charge in [-0.1, -0.05) is 11.6 Å². The topological polar surface area (TPSA) is 104 Å². The normalized spacial score (nSPS) is 19.2. The zero-order valence-electron chi connectivity index (χ0n) is 18.3. The van der Waals surface area contributed by atoms with Crippen molar-refractivity contribution in [1.29, 1.82) is 0 Å². The number of nitrogens with zero attached hydrogens (tertiary/aromatic N) is 2. The van der Waals surface area contributed by atoms with Crippen LogP contribution in [-0.2, 0) is 4.74 Å². The molecule has 1 atom stereocenters. The van der Waals surface area contributed by atoms with Crippen molar-refractivity contribution < 1.29 is 23.6 Å². The first kappa shape index (κ1) is 22.4. The Hall–Kier alpha value is -3.40. The second kappa shape index (κ2) is 9.09. The fourth-order valence-electron chi connectivity index (χ4n) is 4.36. The summed E-state index contributed by atoms with van der Waals surface area (Å²) in [6.45, 7) is 4.40. The summed E-state index contributed by atoms with van der Waals surface area (Å²) in [4.78, 5) is 25.0. The van der Waals surface area contributed by atoms with E-state index in [1.165, 1.54) is 12.1 Å². The van der Waals surface area contributed by atoms with E-state index in [0.717, 1.165) is 10.9 Å². The molecule has 0 spiro atoms. The first-order valence-electron chi connectivity index (χ1n) is 10.8.